The van der Waals surface area contributed by atoms with Crippen LogP contribution in [0, 0.1) is 11.8 Å². The monoisotopic (exact) mass is 727 g/mol. The number of piperidine rings is 2. The second-order valence-corrected chi connectivity index (χ2v) is 15.9. The van der Waals surface area contributed by atoms with E-state index in [1.54, 1.807) is 11.0 Å². The number of imide groups is 1. The van der Waals surface area contributed by atoms with Crippen LogP contribution < -0.4 is 15.1 Å². The van der Waals surface area contributed by atoms with Gasteiger partial charge in [0.25, 0.3) is 5.91 Å². The van der Waals surface area contributed by atoms with Gasteiger partial charge in [-0.05, 0) is 84.7 Å². The third kappa shape index (κ3) is 6.76. The van der Waals surface area contributed by atoms with Gasteiger partial charge in [-0.2, -0.15) is 0 Å². The van der Waals surface area contributed by atoms with E-state index in [1.807, 2.05) is 18.2 Å². The number of rotatable bonds is 7. The molecule has 3 aromatic carbocycles. The summed E-state index contributed by atoms with van der Waals surface area (Å²) in [5.41, 5.74) is 6.68. The lowest BCUT2D eigenvalue weighted by molar-refractivity contribution is -0.136. The van der Waals surface area contributed by atoms with E-state index in [9.17, 15) is 19.5 Å². The van der Waals surface area contributed by atoms with Crippen molar-refractivity contribution in [2.45, 2.75) is 56.5 Å². The summed E-state index contributed by atoms with van der Waals surface area (Å²) in [6.45, 7) is 8.21. The van der Waals surface area contributed by atoms with Gasteiger partial charge in [0.05, 0.1) is 6.61 Å². The van der Waals surface area contributed by atoms with E-state index in [-0.39, 0.29) is 41.9 Å². The Bertz CT molecular complexity index is 1960. The zero-order valence-corrected chi connectivity index (χ0v) is 30.7. The summed E-state index contributed by atoms with van der Waals surface area (Å²) >= 11 is 0. The molecule has 2 N–H and O–H groups in total. The van der Waals surface area contributed by atoms with Crippen LogP contribution in [0.3, 0.4) is 0 Å². The van der Waals surface area contributed by atoms with Crippen molar-refractivity contribution in [3.8, 4) is 0 Å². The highest BCUT2D eigenvalue weighted by Gasteiger charge is 2.41. The lowest BCUT2D eigenvalue weighted by atomic mass is 9.69. The summed E-state index contributed by atoms with van der Waals surface area (Å²) in [5.74, 6) is 1.87. The number of nitrogens with one attached hydrogen (secondary N) is 1. The van der Waals surface area contributed by atoms with Crippen LogP contribution in [0.25, 0.3) is 0 Å². The molecule has 9 rings (SSSR count). The Hall–Kier alpha value is -5.09. The molecule has 0 saturated carbocycles. The third-order valence-electron chi connectivity index (χ3n) is 12.8. The molecule has 0 radical (unpaired) electrons. The first-order valence-corrected chi connectivity index (χ1v) is 19.8. The minimum atomic E-state index is -0.587. The smallest absolute Gasteiger partial charge is 0.255 e. The molecule has 5 heterocycles. The third-order valence-corrected chi connectivity index (χ3v) is 12.8. The molecular formula is C44H49N5O5. The number of hydrogen-bond donors (Lipinski definition) is 2. The summed E-state index contributed by atoms with van der Waals surface area (Å²) in [6.07, 6.45) is 7.52. The fraction of sp³-hybridized carbons (Fsp3) is 0.432. The molecule has 2 unspecified atom stereocenters. The van der Waals surface area contributed by atoms with Gasteiger partial charge < -0.3 is 24.5 Å². The Labute approximate surface area is 317 Å². The summed E-state index contributed by atoms with van der Waals surface area (Å²) in [5, 5.41) is 12.6. The lowest BCUT2D eigenvalue weighted by Gasteiger charge is -2.41. The molecule has 4 saturated heterocycles. The van der Waals surface area contributed by atoms with Crippen LogP contribution in [0.2, 0.25) is 0 Å². The molecule has 3 amide bonds. The number of hydrogen-bond acceptors (Lipinski definition) is 8. The summed E-state index contributed by atoms with van der Waals surface area (Å²) < 4.78 is 6.24. The number of nitrogens with zero attached hydrogens (tertiary/aromatic N) is 4. The molecule has 10 heteroatoms. The van der Waals surface area contributed by atoms with Crippen molar-refractivity contribution in [2.75, 3.05) is 62.2 Å². The molecule has 280 valence electrons. The van der Waals surface area contributed by atoms with E-state index in [2.05, 4.69) is 80.7 Å². The predicted octanol–water partition coefficient (Wildman–Crippen LogP) is 5.73. The van der Waals surface area contributed by atoms with Gasteiger partial charge in [-0.3, -0.25) is 24.6 Å². The summed E-state index contributed by atoms with van der Waals surface area (Å²) in [6, 6.07) is 25.5. The molecule has 0 bridgehead atoms. The number of ether oxygens (including phenoxy) is 1. The van der Waals surface area contributed by atoms with Gasteiger partial charge in [0.15, 0.2) is 0 Å². The normalized spacial score (nSPS) is 26.4. The maximum absolute atomic E-state index is 13.1. The molecule has 0 spiro atoms. The Morgan fingerprint density at radius 2 is 1.52 bits per heavy atom. The second kappa shape index (κ2) is 14.6. The van der Waals surface area contributed by atoms with Gasteiger partial charge in [0.2, 0.25) is 11.8 Å². The molecule has 4 fully saturated rings. The Kier molecular flexibility index (Phi) is 9.39. The minimum Gasteiger partial charge on any atom is -0.508 e. The van der Waals surface area contributed by atoms with Gasteiger partial charge in [0.1, 0.15) is 17.6 Å². The minimum absolute atomic E-state index is 0.123. The maximum atomic E-state index is 13.1. The average Bonchev–Trinajstić information content (AvgIpc) is 3.53. The molecule has 5 aliphatic heterocycles. The SMILES string of the molecule is O=C1CCC(N2Cc3cc(N4CCN(CC5CCN(c6ccc([C@@H]7C8CC=C(O)C=C8OC[C@@H]7c7ccccc7)cc6)CC5)CC4)ccc3C2=O)C(=O)N1. The van der Waals surface area contributed by atoms with Crippen molar-refractivity contribution in [1.82, 2.24) is 15.1 Å². The highest BCUT2D eigenvalue weighted by molar-refractivity contribution is 6.05. The number of allylic oxidation sites excluding steroid dienone is 3. The van der Waals surface area contributed by atoms with Crippen molar-refractivity contribution < 1.29 is 24.2 Å². The first kappa shape index (κ1) is 34.7. The molecule has 10 nitrogen and oxygen atoms in total. The Balaban J connectivity index is 0.773. The number of aliphatic hydroxyl groups excluding tert-OH is 1. The van der Waals surface area contributed by atoms with Crippen LogP contribution in [0.5, 0.6) is 0 Å². The summed E-state index contributed by atoms with van der Waals surface area (Å²) in [7, 11) is 0. The van der Waals surface area contributed by atoms with Crippen molar-refractivity contribution in [3.05, 3.63) is 119 Å². The van der Waals surface area contributed by atoms with Crippen LogP contribution in [-0.2, 0) is 20.9 Å². The lowest BCUT2D eigenvalue weighted by Crippen LogP contribution is -2.52. The highest BCUT2D eigenvalue weighted by Crippen LogP contribution is 2.49. The van der Waals surface area contributed by atoms with Crippen molar-refractivity contribution in [3.63, 3.8) is 0 Å². The predicted molar refractivity (Wildman–Crippen MR) is 207 cm³/mol. The number of amides is 3. The summed E-state index contributed by atoms with van der Waals surface area (Å²) in [4.78, 5) is 46.4. The fourth-order valence-electron chi connectivity index (χ4n) is 9.78. The Morgan fingerprint density at radius 1 is 0.778 bits per heavy atom. The number of aliphatic hydroxyl groups is 1. The van der Waals surface area contributed by atoms with Crippen molar-refractivity contribution in [2.24, 2.45) is 11.8 Å². The largest absolute Gasteiger partial charge is 0.508 e. The van der Waals surface area contributed by atoms with Gasteiger partial charge >= 0.3 is 0 Å². The second-order valence-electron chi connectivity index (χ2n) is 15.9. The van der Waals surface area contributed by atoms with E-state index in [0.717, 1.165) is 69.2 Å². The molecule has 3 aromatic rings. The topological polar surface area (TPSA) is 106 Å². The van der Waals surface area contributed by atoms with Gasteiger partial charge in [-0.15, -0.1) is 0 Å². The van der Waals surface area contributed by atoms with Crippen molar-refractivity contribution in [1.29, 1.82) is 0 Å². The van der Waals surface area contributed by atoms with E-state index in [1.165, 1.54) is 29.7 Å². The standard InChI is InChI=1S/C44H49N5O5/c50-35-11-13-37-40(25-35)54-28-38(30-4-2-1-3-5-30)42(37)31-6-8-33(9-7-31)47-18-16-29(17-19-47)26-46-20-22-48(23-21-46)34-10-12-36-32(24-34)27-49(44(36)53)39-14-15-41(51)45-43(39)52/h1-12,24-25,29,37-39,42,50H,13-23,26-28H2,(H,45,51,52)/t37?,38-,39?,42-/m1/s1. The van der Waals surface area contributed by atoms with E-state index in [4.69, 9.17) is 4.74 Å². The van der Waals surface area contributed by atoms with Gasteiger partial charge in [-0.25, -0.2) is 0 Å². The maximum Gasteiger partial charge on any atom is 0.255 e. The highest BCUT2D eigenvalue weighted by atomic mass is 16.5. The average molecular weight is 728 g/mol. The van der Waals surface area contributed by atoms with Gasteiger partial charge in [-0.1, -0.05) is 42.5 Å². The molecule has 6 aliphatic rings. The number of benzene rings is 3. The number of carbonyl (C=O) groups is 3. The van der Waals surface area contributed by atoms with Crippen LogP contribution >= 0.6 is 0 Å². The zero-order chi connectivity index (χ0) is 36.8. The van der Waals surface area contributed by atoms with Crippen LogP contribution in [0.15, 0.2) is 96.5 Å². The number of carbonyl (C=O) groups excluding carboxylic acids is 3. The van der Waals surface area contributed by atoms with E-state index >= 15 is 0 Å². The van der Waals surface area contributed by atoms with Crippen LogP contribution in [0.4, 0.5) is 11.4 Å². The van der Waals surface area contributed by atoms with Gasteiger partial charge in [0, 0.05) is 99.5 Å². The molecule has 4 atom stereocenters. The first-order chi connectivity index (χ1) is 26.4. The Morgan fingerprint density at radius 3 is 2.28 bits per heavy atom. The van der Waals surface area contributed by atoms with Crippen LogP contribution in [0.1, 0.15) is 71.0 Å². The number of piperazine rings is 1. The quantitative estimate of drug-likeness (QED) is 0.298. The number of fused-ring (bicyclic) bond motifs is 2. The van der Waals surface area contributed by atoms with E-state index < -0.39 is 6.04 Å². The fourth-order valence-corrected chi connectivity index (χ4v) is 9.78. The molecular weight excluding hydrogens is 679 g/mol. The zero-order valence-electron chi connectivity index (χ0n) is 30.7. The molecule has 1 aliphatic carbocycles. The van der Waals surface area contributed by atoms with Crippen LogP contribution in [-0.4, -0.2) is 91.1 Å². The van der Waals surface area contributed by atoms with E-state index in [0.29, 0.717) is 36.8 Å². The number of anilines is 2. The van der Waals surface area contributed by atoms with Crippen molar-refractivity contribution >= 4 is 29.1 Å². The first-order valence-electron chi connectivity index (χ1n) is 19.8. The molecule has 0 aromatic heterocycles. The molecule has 54 heavy (non-hydrogen) atoms.